The summed E-state index contributed by atoms with van der Waals surface area (Å²) in [5.74, 6) is 1.04. The van der Waals surface area contributed by atoms with Crippen LogP contribution < -0.4 is 5.73 Å². The van der Waals surface area contributed by atoms with Crippen molar-refractivity contribution in [1.29, 1.82) is 5.41 Å². The molecule has 1 aromatic rings. The fourth-order valence-corrected chi connectivity index (χ4v) is 3.91. The van der Waals surface area contributed by atoms with Gasteiger partial charge in [-0.2, -0.15) is 0 Å². The first-order chi connectivity index (χ1) is 10.7. The number of nitrogens with zero attached hydrogens (tertiary/aromatic N) is 2. The van der Waals surface area contributed by atoms with E-state index >= 15 is 0 Å². The molecule has 0 aromatic carbocycles. The number of ether oxygens (including phenoxy) is 1. The zero-order valence-electron chi connectivity index (χ0n) is 13.8. The van der Waals surface area contributed by atoms with Gasteiger partial charge in [0.15, 0.2) is 5.17 Å². The number of nitrogens with one attached hydrogen (secondary N) is 1. The Morgan fingerprint density at radius 2 is 2.17 bits per heavy atom. The molecule has 0 saturated carbocycles. The van der Waals surface area contributed by atoms with Crippen LogP contribution in [0.3, 0.4) is 0 Å². The Labute approximate surface area is 145 Å². The molecule has 0 bridgehead atoms. The largest absolute Gasteiger partial charge is 0.444 e. The second kappa shape index (κ2) is 7.53. The van der Waals surface area contributed by atoms with Crippen LogP contribution in [-0.4, -0.2) is 39.8 Å². The molecule has 1 saturated heterocycles. The number of thiazole rings is 1. The van der Waals surface area contributed by atoms with Gasteiger partial charge in [0.25, 0.3) is 0 Å². The summed E-state index contributed by atoms with van der Waals surface area (Å²) in [7, 11) is 0. The quantitative estimate of drug-likeness (QED) is 0.640. The highest BCUT2D eigenvalue weighted by molar-refractivity contribution is 8.13. The number of rotatable bonds is 3. The van der Waals surface area contributed by atoms with E-state index in [1.807, 2.05) is 26.2 Å². The molecule has 3 N–H and O–H groups in total. The van der Waals surface area contributed by atoms with Gasteiger partial charge in [0.2, 0.25) is 0 Å². The van der Waals surface area contributed by atoms with E-state index in [4.69, 9.17) is 15.9 Å². The van der Waals surface area contributed by atoms with Crippen molar-refractivity contribution in [1.82, 2.24) is 9.88 Å². The fraction of sp³-hybridized carbons (Fsp3) is 0.667. The van der Waals surface area contributed by atoms with Crippen LogP contribution in [0, 0.1) is 5.41 Å². The molecule has 128 valence electrons. The molecule has 6 nitrogen and oxygen atoms in total. The average Bonchev–Trinajstić information content (AvgIpc) is 2.92. The lowest BCUT2D eigenvalue weighted by Gasteiger charge is -2.32. The number of aromatic nitrogens is 1. The normalized spacial score (nSPS) is 16.4. The molecule has 8 heteroatoms. The summed E-state index contributed by atoms with van der Waals surface area (Å²) in [5.41, 5.74) is 5.87. The summed E-state index contributed by atoms with van der Waals surface area (Å²) in [5, 5.41) is 10.5. The van der Waals surface area contributed by atoms with E-state index in [1.165, 1.54) is 11.8 Å². The van der Waals surface area contributed by atoms with Gasteiger partial charge < -0.3 is 15.4 Å². The van der Waals surface area contributed by atoms with Crippen molar-refractivity contribution in [3.05, 3.63) is 16.1 Å². The number of carbonyl (C=O) groups excluding carboxylic acids is 1. The Bertz CT molecular complexity index is 560. The van der Waals surface area contributed by atoms with Crippen LogP contribution in [0.4, 0.5) is 4.79 Å². The third-order valence-electron chi connectivity index (χ3n) is 3.44. The molecule has 1 aliphatic heterocycles. The molecule has 0 atom stereocenters. The minimum Gasteiger partial charge on any atom is -0.444 e. The third kappa shape index (κ3) is 5.69. The number of hydrogen-bond donors (Lipinski definition) is 2. The Hall–Kier alpha value is -1.28. The molecule has 1 aromatic heterocycles. The van der Waals surface area contributed by atoms with Gasteiger partial charge in [0, 0.05) is 30.1 Å². The van der Waals surface area contributed by atoms with Crippen LogP contribution in [-0.2, 0) is 10.5 Å². The van der Waals surface area contributed by atoms with Gasteiger partial charge in [-0.25, -0.2) is 9.78 Å². The van der Waals surface area contributed by atoms with E-state index in [0.717, 1.165) is 23.5 Å². The number of amidine groups is 1. The van der Waals surface area contributed by atoms with Gasteiger partial charge in [-0.05, 0) is 33.6 Å². The van der Waals surface area contributed by atoms with Crippen molar-refractivity contribution in [2.45, 2.75) is 50.9 Å². The van der Waals surface area contributed by atoms with Crippen molar-refractivity contribution < 1.29 is 9.53 Å². The zero-order chi connectivity index (χ0) is 17.0. The van der Waals surface area contributed by atoms with Crippen molar-refractivity contribution >= 4 is 34.4 Å². The van der Waals surface area contributed by atoms with Crippen molar-refractivity contribution in [2.24, 2.45) is 5.73 Å². The minimum atomic E-state index is -0.452. The van der Waals surface area contributed by atoms with E-state index in [2.05, 4.69) is 4.98 Å². The number of carbonyl (C=O) groups is 1. The zero-order valence-corrected chi connectivity index (χ0v) is 15.4. The minimum absolute atomic E-state index is 0.116. The van der Waals surface area contributed by atoms with E-state index in [0.29, 0.717) is 24.8 Å². The molecule has 0 radical (unpaired) electrons. The predicted octanol–water partition coefficient (Wildman–Crippen LogP) is 3.38. The van der Waals surface area contributed by atoms with Crippen LogP contribution >= 0.6 is 23.1 Å². The van der Waals surface area contributed by atoms with E-state index in [9.17, 15) is 4.79 Å². The van der Waals surface area contributed by atoms with Gasteiger partial charge in [0.05, 0.1) is 10.7 Å². The maximum atomic E-state index is 12.1. The second-order valence-corrected chi connectivity index (χ2v) is 8.48. The Balaban J connectivity index is 1.84. The number of amides is 1. The summed E-state index contributed by atoms with van der Waals surface area (Å²) >= 11 is 2.95. The summed E-state index contributed by atoms with van der Waals surface area (Å²) in [6, 6.07) is 0. The molecule has 0 unspecified atom stereocenters. The van der Waals surface area contributed by atoms with Crippen molar-refractivity contribution in [3.8, 4) is 0 Å². The highest BCUT2D eigenvalue weighted by Crippen LogP contribution is 2.31. The van der Waals surface area contributed by atoms with Crippen LogP contribution in [0.5, 0.6) is 0 Å². The second-order valence-electron chi connectivity index (χ2n) is 6.57. The Morgan fingerprint density at radius 1 is 1.52 bits per heavy atom. The summed E-state index contributed by atoms with van der Waals surface area (Å²) < 4.78 is 5.42. The van der Waals surface area contributed by atoms with Gasteiger partial charge in [0.1, 0.15) is 5.60 Å². The summed E-state index contributed by atoms with van der Waals surface area (Å²) in [4.78, 5) is 18.5. The first-order valence-corrected chi connectivity index (χ1v) is 9.50. The molecule has 2 rings (SSSR count). The third-order valence-corrected chi connectivity index (χ3v) is 5.25. The average molecular weight is 357 g/mol. The maximum absolute atomic E-state index is 12.1. The lowest BCUT2D eigenvalue weighted by molar-refractivity contribution is 0.0205. The lowest BCUT2D eigenvalue weighted by atomic mass is 9.98. The topological polar surface area (TPSA) is 92.3 Å². The van der Waals surface area contributed by atoms with Gasteiger partial charge in [-0.15, -0.1) is 11.3 Å². The highest BCUT2D eigenvalue weighted by Gasteiger charge is 2.28. The van der Waals surface area contributed by atoms with Crippen LogP contribution in [0.2, 0.25) is 0 Å². The molecular formula is C15H24N4O2S2. The lowest BCUT2D eigenvalue weighted by Crippen LogP contribution is -2.41. The monoisotopic (exact) mass is 356 g/mol. The van der Waals surface area contributed by atoms with Crippen molar-refractivity contribution in [2.75, 3.05) is 13.1 Å². The molecule has 1 amide bonds. The fourth-order valence-electron chi connectivity index (χ4n) is 2.36. The maximum Gasteiger partial charge on any atom is 0.410 e. The van der Waals surface area contributed by atoms with Gasteiger partial charge in [-0.3, -0.25) is 5.41 Å². The van der Waals surface area contributed by atoms with E-state index in [-0.39, 0.29) is 11.3 Å². The molecule has 2 heterocycles. The number of hydrogen-bond acceptors (Lipinski definition) is 6. The molecule has 0 spiro atoms. The number of thioether (sulfide) groups is 1. The summed E-state index contributed by atoms with van der Waals surface area (Å²) in [6.45, 7) is 7.06. The van der Waals surface area contributed by atoms with E-state index in [1.54, 1.807) is 16.2 Å². The molecule has 0 aliphatic carbocycles. The van der Waals surface area contributed by atoms with Gasteiger partial charge in [-0.1, -0.05) is 11.8 Å². The number of piperidine rings is 1. The predicted molar refractivity (Wildman–Crippen MR) is 95.1 cm³/mol. The van der Waals surface area contributed by atoms with E-state index < -0.39 is 5.60 Å². The smallest absolute Gasteiger partial charge is 0.410 e. The Morgan fingerprint density at radius 3 is 2.74 bits per heavy atom. The summed E-state index contributed by atoms with van der Waals surface area (Å²) in [6.07, 6.45) is 1.59. The first-order valence-electron chi connectivity index (χ1n) is 7.63. The SMILES string of the molecule is CC(C)(C)OC(=O)N1CCC(c2nc(CSC(=N)N)cs2)CC1. The van der Waals surface area contributed by atoms with Crippen LogP contribution in [0.25, 0.3) is 0 Å². The van der Waals surface area contributed by atoms with Crippen LogP contribution in [0.1, 0.15) is 50.2 Å². The van der Waals surface area contributed by atoms with Gasteiger partial charge >= 0.3 is 6.09 Å². The standard InChI is InChI=1S/C15H24N4O2S2/c1-15(2,3)21-14(20)19-6-4-10(5-7-19)12-18-11(8-22-12)9-23-13(16)17/h8,10H,4-7,9H2,1-3H3,(H3,16,17). The number of nitrogens with two attached hydrogens (primary N) is 1. The molecule has 23 heavy (non-hydrogen) atoms. The first kappa shape index (κ1) is 18.1. The molecule has 1 aliphatic rings. The molecular weight excluding hydrogens is 332 g/mol. The van der Waals surface area contributed by atoms with Crippen LogP contribution in [0.15, 0.2) is 5.38 Å². The Kier molecular flexibility index (Phi) is 5.91. The van der Waals surface area contributed by atoms with Crippen molar-refractivity contribution in [3.63, 3.8) is 0 Å². The number of likely N-dealkylation sites (tertiary alicyclic amines) is 1. The highest BCUT2D eigenvalue weighted by atomic mass is 32.2. The molecule has 1 fully saturated rings.